The number of fused-ring (bicyclic) bond motifs is 1. The lowest BCUT2D eigenvalue weighted by Crippen LogP contribution is -2.24. The fourth-order valence-electron chi connectivity index (χ4n) is 2.31. The van der Waals surface area contributed by atoms with Gasteiger partial charge in [0, 0.05) is 11.2 Å². The molecule has 1 amide bonds. The number of hydrogen-bond acceptors (Lipinski definition) is 3. The number of thioether (sulfide) groups is 1. The van der Waals surface area contributed by atoms with Crippen molar-refractivity contribution < 1.29 is 18.0 Å². The van der Waals surface area contributed by atoms with Crippen LogP contribution >= 0.6 is 23.4 Å². The topological polar surface area (TPSA) is 46.4 Å². The zero-order valence-electron chi connectivity index (χ0n) is 13.4. The molecule has 0 aliphatic heterocycles. The predicted molar refractivity (Wildman–Crippen MR) is 95.6 cm³/mol. The van der Waals surface area contributed by atoms with E-state index in [0.717, 1.165) is 29.4 Å². The van der Waals surface area contributed by atoms with Crippen LogP contribution in [0, 0.1) is 0 Å². The fraction of sp³-hybridized carbons (Fsp3) is 0.176. The number of nitrogens with one attached hydrogen (secondary N) is 1. The van der Waals surface area contributed by atoms with E-state index in [2.05, 4.69) is 10.3 Å². The van der Waals surface area contributed by atoms with Crippen molar-refractivity contribution in [1.82, 2.24) is 9.38 Å². The number of carbonyl (C=O) groups is 1. The van der Waals surface area contributed by atoms with Gasteiger partial charge in [-0.1, -0.05) is 29.4 Å². The maximum atomic E-state index is 13.1. The fourth-order valence-corrected chi connectivity index (χ4v) is 3.36. The molecule has 2 heterocycles. The number of anilines is 1. The van der Waals surface area contributed by atoms with E-state index in [4.69, 9.17) is 11.6 Å². The minimum atomic E-state index is -4.62. The zero-order valence-corrected chi connectivity index (χ0v) is 15.0. The monoisotopic (exact) mass is 399 g/mol. The lowest BCUT2D eigenvalue weighted by atomic mass is 10.1. The van der Waals surface area contributed by atoms with Crippen molar-refractivity contribution in [2.45, 2.75) is 23.5 Å². The Morgan fingerprint density at radius 2 is 2.08 bits per heavy atom. The second-order valence-electron chi connectivity index (χ2n) is 5.47. The van der Waals surface area contributed by atoms with Gasteiger partial charge in [-0.15, -0.1) is 0 Å². The number of aromatic nitrogens is 2. The molecule has 1 N–H and O–H groups in total. The molecule has 3 aromatic rings. The molecule has 0 spiro atoms. The first-order chi connectivity index (χ1) is 12.3. The third-order valence-electron chi connectivity index (χ3n) is 3.60. The van der Waals surface area contributed by atoms with Crippen LogP contribution in [0.3, 0.4) is 0 Å². The number of carbonyl (C=O) groups excluding carboxylic acids is 1. The molecule has 0 unspecified atom stereocenters. The van der Waals surface area contributed by atoms with Crippen LogP contribution in [0.25, 0.3) is 5.52 Å². The first-order valence-corrected chi connectivity index (χ1v) is 8.78. The minimum Gasteiger partial charge on any atom is -0.325 e. The Morgan fingerprint density at radius 3 is 2.81 bits per heavy atom. The standard InChI is InChI=1S/C17H13ClF3N3OS/c1-10(26-16-22-9-12-4-2-3-7-24(12)16)15(25)23-14-6-5-11(18)8-13(14)17(19,20)21/h2-10H,1H3,(H,23,25)/t10-/m0/s1. The summed E-state index contributed by atoms with van der Waals surface area (Å²) < 4.78 is 41.2. The number of rotatable bonds is 4. The molecular formula is C17H13ClF3N3OS. The van der Waals surface area contributed by atoms with Gasteiger partial charge in [-0.2, -0.15) is 13.2 Å². The number of benzene rings is 1. The third-order valence-corrected chi connectivity index (χ3v) is 4.92. The van der Waals surface area contributed by atoms with Gasteiger partial charge in [-0.3, -0.25) is 9.20 Å². The Balaban J connectivity index is 1.78. The van der Waals surface area contributed by atoms with Gasteiger partial charge in [0.05, 0.1) is 28.2 Å². The lowest BCUT2D eigenvalue weighted by molar-refractivity contribution is -0.137. The molecule has 0 radical (unpaired) electrons. The van der Waals surface area contributed by atoms with Crippen molar-refractivity contribution in [3.05, 3.63) is 59.4 Å². The van der Waals surface area contributed by atoms with E-state index >= 15 is 0 Å². The summed E-state index contributed by atoms with van der Waals surface area (Å²) in [6.45, 7) is 1.60. The molecule has 0 saturated heterocycles. The SMILES string of the molecule is C[C@H](Sc1ncc2ccccn12)C(=O)Nc1ccc(Cl)cc1C(F)(F)F. The Bertz CT molecular complexity index is 958. The molecule has 0 bridgehead atoms. The first-order valence-electron chi connectivity index (χ1n) is 7.52. The maximum absolute atomic E-state index is 13.1. The number of nitrogens with zero attached hydrogens (tertiary/aromatic N) is 2. The predicted octanol–water partition coefficient (Wildman–Crippen LogP) is 5.13. The molecule has 1 aromatic carbocycles. The van der Waals surface area contributed by atoms with Gasteiger partial charge in [0.2, 0.25) is 5.91 Å². The van der Waals surface area contributed by atoms with Gasteiger partial charge in [0.1, 0.15) is 0 Å². The molecule has 0 aliphatic carbocycles. The molecule has 3 rings (SSSR count). The molecule has 26 heavy (non-hydrogen) atoms. The Hall–Kier alpha value is -2.19. The van der Waals surface area contributed by atoms with E-state index in [1.165, 1.54) is 6.07 Å². The van der Waals surface area contributed by atoms with E-state index in [-0.39, 0.29) is 10.7 Å². The van der Waals surface area contributed by atoms with Crippen molar-refractivity contribution in [3.8, 4) is 0 Å². The largest absolute Gasteiger partial charge is 0.418 e. The highest BCUT2D eigenvalue weighted by Crippen LogP contribution is 2.37. The van der Waals surface area contributed by atoms with Crippen LogP contribution in [0.15, 0.2) is 53.9 Å². The van der Waals surface area contributed by atoms with Gasteiger partial charge in [-0.05, 0) is 37.3 Å². The van der Waals surface area contributed by atoms with Gasteiger partial charge < -0.3 is 5.32 Å². The van der Waals surface area contributed by atoms with E-state index < -0.39 is 22.9 Å². The average Bonchev–Trinajstić information content (AvgIpc) is 2.98. The molecule has 4 nitrogen and oxygen atoms in total. The van der Waals surface area contributed by atoms with Gasteiger partial charge in [0.15, 0.2) is 5.16 Å². The van der Waals surface area contributed by atoms with Crippen LogP contribution in [-0.4, -0.2) is 20.5 Å². The number of amides is 1. The molecule has 2 aromatic heterocycles. The summed E-state index contributed by atoms with van der Waals surface area (Å²) >= 11 is 6.80. The van der Waals surface area contributed by atoms with E-state index in [1.807, 2.05) is 18.2 Å². The Labute approximate surface area is 156 Å². The number of imidazole rings is 1. The van der Waals surface area contributed by atoms with Crippen LogP contribution in [0.5, 0.6) is 0 Å². The number of alkyl halides is 3. The summed E-state index contributed by atoms with van der Waals surface area (Å²) in [5.74, 6) is -0.560. The summed E-state index contributed by atoms with van der Waals surface area (Å²) in [7, 11) is 0. The third kappa shape index (κ3) is 3.96. The van der Waals surface area contributed by atoms with Crippen LogP contribution in [0.2, 0.25) is 5.02 Å². The highest BCUT2D eigenvalue weighted by atomic mass is 35.5. The lowest BCUT2D eigenvalue weighted by Gasteiger charge is -2.16. The van der Waals surface area contributed by atoms with E-state index in [1.54, 1.807) is 23.7 Å². The Morgan fingerprint density at radius 1 is 1.31 bits per heavy atom. The Kier molecular flexibility index (Phi) is 5.15. The zero-order chi connectivity index (χ0) is 18.9. The number of pyridine rings is 1. The average molecular weight is 400 g/mol. The molecule has 9 heteroatoms. The number of hydrogen-bond donors (Lipinski definition) is 1. The quantitative estimate of drug-likeness (QED) is 0.619. The maximum Gasteiger partial charge on any atom is 0.418 e. The van der Waals surface area contributed by atoms with E-state index in [9.17, 15) is 18.0 Å². The van der Waals surface area contributed by atoms with Crippen LogP contribution in [0.4, 0.5) is 18.9 Å². The second-order valence-corrected chi connectivity index (χ2v) is 7.22. The second kappa shape index (κ2) is 7.20. The molecule has 0 aliphatic rings. The van der Waals surface area contributed by atoms with Crippen LogP contribution in [-0.2, 0) is 11.0 Å². The van der Waals surface area contributed by atoms with Crippen LogP contribution in [0.1, 0.15) is 12.5 Å². The summed E-state index contributed by atoms with van der Waals surface area (Å²) in [5, 5.41) is 2.20. The normalized spacial score (nSPS) is 13.0. The molecule has 136 valence electrons. The summed E-state index contributed by atoms with van der Waals surface area (Å²) in [6, 6.07) is 8.79. The minimum absolute atomic E-state index is 0.0541. The van der Waals surface area contributed by atoms with Crippen molar-refractivity contribution in [2.24, 2.45) is 0 Å². The highest BCUT2D eigenvalue weighted by molar-refractivity contribution is 8.00. The summed E-state index contributed by atoms with van der Waals surface area (Å²) in [6.07, 6.45) is -1.16. The first kappa shape index (κ1) is 18.6. The van der Waals surface area contributed by atoms with Crippen molar-refractivity contribution in [3.63, 3.8) is 0 Å². The van der Waals surface area contributed by atoms with E-state index in [0.29, 0.717) is 5.16 Å². The molecule has 0 fully saturated rings. The van der Waals surface area contributed by atoms with Crippen molar-refractivity contribution in [2.75, 3.05) is 5.32 Å². The summed E-state index contributed by atoms with van der Waals surface area (Å²) in [4.78, 5) is 16.6. The van der Waals surface area contributed by atoms with Crippen molar-refractivity contribution in [1.29, 1.82) is 0 Å². The van der Waals surface area contributed by atoms with Crippen molar-refractivity contribution >= 4 is 40.5 Å². The van der Waals surface area contributed by atoms with Crippen LogP contribution < -0.4 is 5.32 Å². The molecule has 1 atom stereocenters. The molecule has 0 saturated carbocycles. The van der Waals surface area contributed by atoms with Gasteiger partial charge >= 0.3 is 6.18 Å². The summed E-state index contributed by atoms with van der Waals surface area (Å²) in [5.41, 5.74) is -0.450. The molecular weight excluding hydrogens is 387 g/mol. The number of halogens is 4. The van der Waals surface area contributed by atoms with Gasteiger partial charge in [-0.25, -0.2) is 4.98 Å². The van der Waals surface area contributed by atoms with Gasteiger partial charge in [0.25, 0.3) is 0 Å². The highest BCUT2D eigenvalue weighted by Gasteiger charge is 2.34. The smallest absolute Gasteiger partial charge is 0.325 e.